The van der Waals surface area contributed by atoms with Crippen LogP contribution in [0.1, 0.15) is 5.56 Å². The van der Waals surface area contributed by atoms with Gasteiger partial charge in [0.2, 0.25) is 0 Å². The highest BCUT2D eigenvalue weighted by Gasteiger charge is 2.04. The second-order valence-electron chi connectivity index (χ2n) is 4.20. The molecule has 19 heavy (non-hydrogen) atoms. The number of imidazole rings is 1. The Morgan fingerprint density at radius 3 is 2.84 bits per heavy atom. The highest BCUT2D eigenvalue weighted by Crippen LogP contribution is 2.24. The summed E-state index contributed by atoms with van der Waals surface area (Å²) < 4.78 is 13.3. The molecule has 0 fully saturated rings. The summed E-state index contributed by atoms with van der Waals surface area (Å²) in [4.78, 5) is 7.68. The Bertz CT molecular complexity index is 691. The minimum absolute atomic E-state index is 0.178. The van der Waals surface area contributed by atoms with Crippen molar-refractivity contribution in [1.29, 1.82) is 0 Å². The lowest BCUT2D eigenvalue weighted by Gasteiger charge is -2.01. The van der Waals surface area contributed by atoms with Gasteiger partial charge in [0.25, 0.3) is 0 Å². The predicted molar refractivity (Wildman–Crippen MR) is 76.5 cm³/mol. The fraction of sp³-hybridized carbons (Fsp3) is 0.0714. The molecule has 0 aliphatic carbocycles. The summed E-state index contributed by atoms with van der Waals surface area (Å²) in [5.41, 5.74) is 8.46. The van der Waals surface area contributed by atoms with Crippen molar-refractivity contribution < 1.29 is 4.39 Å². The zero-order chi connectivity index (χ0) is 13.2. The molecule has 1 heterocycles. The number of rotatable bonds is 3. The van der Waals surface area contributed by atoms with E-state index in [4.69, 9.17) is 5.73 Å². The zero-order valence-electron chi connectivity index (χ0n) is 10.1. The van der Waals surface area contributed by atoms with E-state index in [9.17, 15) is 4.39 Å². The first-order valence-corrected chi connectivity index (χ1v) is 6.82. The van der Waals surface area contributed by atoms with Crippen LogP contribution in [0.25, 0.3) is 11.0 Å². The van der Waals surface area contributed by atoms with Gasteiger partial charge >= 0.3 is 0 Å². The number of hydrogen-bond donors (Lipinski definition) is 2. The van der Waals surface area contributed by atoms with E-state index in [1.54, 1.807) is 6.07 Å². The summed E-state index contributed by atoms with van der Waals surface area (Å²) in [6, 6.07) is 12.7. The number of aromatic amines is 1. The number of fused-ring (bicyclic) bond motifs is 1. The van der Waals surface area contributed by atoms with E-state index in [0.717, 1.165) is 21.8 Å². The third-order valence-electron chi connectivity index (χ3n) is 2.81. The van der Waals surface area contributed by atoms with Crippen molar-refractivity contribution in [2.45, 2.75) is 10.9 Å². The first-order chi connectivity index (χ1) is 9.22. The van der Waals surface area contributed by atoms with Gasteiger partial charge in [-0.05, 0) is 29.8 Å². The summed E-state index contributed by atoms with van der Waals surface area (Å²) >= 11 is 1.54. The molecular formula is C14H12FN3S. The first kappa shape index (κ1) is 12.0. The van der Waals surface area contributed by atoms with E-state index >= 15 is 0 Å². The van der Waals surface area contributed by atoms with Crippen molar-refractivity contribution >= 4 is 28.5 Å². The molecule has 3 rings (SSSR count). The molecular weight excluding hydrogens is 261 g/mol. The SMILES string of the molecule is Nc1ccc(CSc2nc3ccccc3[nH]2)cc1F. The van der Waals surface area contributed by atoms with Crippen LogP contribution in [0.4, 0.5) is 10.1 Å². The number of nitrogen functional groups attached to an aromatic ring is 1. The van der Waals surface area contributed by atoms with Crippen molar-refractivity contribution in [3.8, 4) is 0 Å². The Morgan fingerprint density at radius 1 is 1.21 bits per heavy atom. The molecule has 3 nitrogen and oxygen atoms in total. The van der Waals surface area contributed by atoms with E-state index in [-0.39, 0.29) is 11.5 Å². The fourth-order valence-corrected chi connectivity index (χ4v) is 2.64. The number of anilines is 1. The van der Waals surface area contributed by atoms with E-state index in [2.05, 4.69) is 9.97 Å². The summed E-state index contributed by atoms with van der Waals surface area (Å²) in [5.74, 6) is 0.277. The third kappa shape index (κ3) is 2.56. The molecule has 1 aromatic heterocycles. The predicted octanol–water partition coefficient (Wildman–Crippen LogP) is 3.58. The average Bonchev–Trinajstić information content (AvgIpc) is 2.83. The van der Waals surface area contributed by atoms with Crippen LogP contribution in [0, 0.1) is 5.82 Å². The Morgan fingerprint density at radius 2 is 2.05 bits per heavy atom. The third-order valence-corrected chi connectivity index (χ3v) is 3.75. The largest absolute Gasteiger partial charge is 0.396 e. The van der Waals surface area contributed by atoms with E-state index in [0.29, 0.717) is 5.75 Å². The number of nitrogens with one attached hydrogen (secondary N) is 1. The Hall–Kier alpha value is -2.01. The van der Waals surface area contributed by atoms with Crippen LogP contribution in [-0.2, 0) is 5.75 Å². The van der Waals surface area contributed by atoms with Gasteiger partial charge in [-0.2, -0.15) is 0 Å². The van der Waals surface area contributed by atoms with E-state index in [1.165, 1.54) is 17.8 Å². The standard InChI is InChI=1S/C14H12FN3S/c15-10-7-9(5-6-11(10)16)8-19-14-17-12-3-1-2-4-13(12)18-14/h1-7H,8,16H2,(H,17,18). The van der Waals surface area contributed by atoms with Crippen molar-refractivity contribution in [3.05, 3.63) is 53.8 Å². The molecule has 3 aromatic rings. The van der Waals surface area contributed by atoms with Gasteiger partial charge in [0.05, 0.1) is 16.7 Å². The number of halogens is 1. The van der Waals surface area contributed by atoms with Gasteiger partial charge in [0, 0.05) is 5.75 Å². The number of nitrogens with two attached hydrogens (primary N) is 1. The Balaban J connectivity index is 1.76. The summed E-state index contributed by atoms with van der Waals surface area (Å²) in [5, 5.41) is 0.832. The minimum atomic E-state index is -0.372. The second-order valence-corrected chi connectivity index (χ2v) is 5.17. The maximum absolute atomic E-state index is 13.3. The molecule has 0 spiro atoms. The number of benzene rings is 2. The summed E-state index contributed by atoms with van der Waals surface area (Å²) in [6.07, 6.45) is 0. The van der Waals surface area contributed by atoms with Crippen LogP contribution in [0.2, 0.25) is 0 Å². The highest BCUT2D eigenvalue weighted by atomic mass is 32.2. The first-order valence-electron chi connectivity index (χ1n) is 5.84. The van der Waals surface area contributed by atoms with Crippen LogP contribution < -0.4 is 5.73 Å². The van der Waals surface area contributed by atoms with Gasteiger partial charge in [-0.3, -0.25) is 0 Å². The molecule has 0 radical (unpaired) electrons. The lowest BCUT2D eigenvalue weighted by molar-refractivity contribution is 0.631. The topological polar surface area (TPSA) is 54.7 Å². The molecule has 0 unspecified atom stereocenters. The van der Waals surface area contributed by atoms with Crippen LogP contribution in [0.3, 0.4) is 0 Å². The number of aromatic nitrogens is 2. The Kier molecular flexibility index (Phi) is 3.13. The molecule has 0 atom stereocenters. The lowest BCUT2D eigenvalue weighted by Crippen LogP contribution is -1.91. The monoisotopic (exact) mass is 273 g/mol. The van der Waals surface area contributed by atoms with E-state index in [1.807, 2.05) is 30.3 Å². The number of nitrogens with zero attached hydrogens (tertiary/aromatic N) is 1. The molecule has 0 saturated heterocycles. The molecule has 3 N–H and O–H groups in total. The van der Waals surface area contributed by atoms with Crippen molar-refractivity contribution in [2.24, 2.45) is 0 Å². The van der Waals surface area contributed by atoms with Gasteiger partial charge in [-0.15, -0.1) is 0 Å². The number of H-pyrrole nitrogens is 1. The van der Waals surface area contributed by atoms with Crippen LogP contribution in [0.15, 0.2) is 47.6 Å². The number of para-hydroxylation sites is 2. The molecule has 0 amide bonds. The Labute approximate surface area is 114 Å². The molecule has 96 valence electrons. The van der Waals surface area contributed by atoms with Gasteiger partial charge in [-0.1, -0.05) is 30.0 Å². The maximum atomic E-state index is 13.3. The summed E-state index contributed by atoms with van der Waals surface area (Å²) in [7, 11) is 0. The van der Waals surface area contributed by atoms with Crippen molar-refractivity contribution in [3.63, 3.8) is 0 Å². The molecule has 0 aliphatic rings. The quantitative estimate of drug-likeness (QED) is 0.566. The molecule has 0 saturated carbocycles. The van der Waals surface area contributed by atoms with Gasteiger partial charge in [-0.25, -0.2) is 9.37 Å². The molecule has 5 heteroatoms. The highest BCUT2D eigenvalue weighted by molar-refractivity contribution is 7.98. The van der Waals surface area contributed by atoms with Crippen molar-refractivity contribution in [2.75, 3.05) is 5.73 Å². The summed E-state index contributed by atoms with van der Waals surface area (Å²) in [6.45, 7) is 0. The zero-order valence-corrected chi connectivity index (χ0v) is 10.9. The van der Waals surface area contributed by atoms with Gasteiger partial charge in [0.1, 0.15) is 5.82 Å². The van der Waals surface area contributed by atoms with Crippen molar-refractivity contribution in [1.82, 2.24) is 9.97 Å². The lowest BCUT2D eigenvalue weighted by atomic mass is 10.2. The number of hydrogen-bond acceptors (Lipinski definition) is 3. The normalized spacial score (nSPS) is 11.0. The smallest absolute Gasteiger partial charge is 0.166 e. The minimum Gasteiger partial charge on any atom is -0.396 e. The van der Waals surface area contributed by atoms with E-state index < -0.39 is 0 Å². The molecule has 0 bridgehead atoms. The van der Waals surface area contributed by atoms with Crippen LogP contribution in [-0.4, -0.2) is 9.97 Å². The number of thioether (sulfide) groups is 1. The maximum Gasteiger partial charge on any atom is 0.166 e. The molecule has 2 aromatic carbocycles. The fourth-order valence-electron chi connectivity index (χ4n) is 1.81. The van der Waals surface area contributed by atoms with Gasteiger partial charge < -0.3 is 10.7 Å². The average molecular weight is 273 g/mol. The second kappa shape index (κ2) is 4.93. The molecule has 0 aliphatic heterocycles. The van der Waals surface area contributed by atoms with Gasteiger partial charge in [0.15, 0.2) is 5.16 Å². The van der Waals surface area contributed by atoms with Crippen LogP contribution >= 0.6 is 11.8 Å². The van der Waals surface area contributed by atoms with Crippen LogP contribution in [0.5, 0.6) is 0 Å².